The molecule has 1 spiro atoms. The van der Waals surface area contributed by atoms with Crippen LogP contribution in [0.5, 0.6) is 0 Å². The van der Waals surface area contributed by atoms with Crippen LogP contribution in [0.1, 0.15) is 56.0 Å². The maximum absolute atomic E-state index is 12.8. The lowest BCUT2D eigenvalue weighted by molar-refractivity contribution is 0.0337. The number of hydrogen-bond donors (Lipinski definition) is 1. The maximum Gasteiger partial charge on any atom is 0.414 e. The molecule has 2 aliphatic rings. The third-order valence-electron chi connectivity index (χ3n) is 5.06. The molecule has 0 saturated heterocycles. The van der Waals surface area contributed by atoms with Crippen LogP contribution in [0, 0.1) is 5.41 Å². The number of rotatable bonds is 3. The first-order chi connectivity index (χ1) is 12.7. The SMILES string of the molecule is CNc1cc(C(=O)OC)ccc1C1=CC2(CCN1C(=O)OC(C)(C)C)CC2. The minimum atomic E-state index is -0.558. The van der Waals surface area contributed by atoms with Crippen LogP contribution in [0.25, 0.3) is 5.70 Å². The number of methoxy groups -OCH3 is 1. The molecule has 1 N–H and O–H groups in total. The van der Waals surface area contributed by atoms with E-state index < -0.39 is 11.6 Å². The monoisotopic (exact) mass is 372 g/mol. The van der Waals surface area contributed by atoms with E-state index in [1.807, 2.05) is 26.8 Å². The first-order valence-corrected chi connectivity index (χ1v) is 9.32. The van der Waals surface area contributed by atoms with E-state index in [1.54, 1.807) is 24.1 Å². The standard InChI is InChI=1S/C21H28N2O4/c1-20(2,3)27-19(25)23-11-10-21(8-9-21)13-17(23)15-7-6-14(18(24)26-5)12-16(15)22-4/h6-7,12-13,22H,8-11H2,1-5H3. The molecule has 27 heavy (non-hydrogen) atoms. The van der Waals surface area contributed by atoms with Crippen molar-refractivity contribution in [1.82, 2.24) is 4.90 Å². The predicted octanol–water partition coefficient (Wildman–Crippen LogP) is 4.28. The van der Waals surface area contributed by atoms with Crippen LogP contribution in [0.2, 0.25) is 0 Å². The van der Waals surface area contributed by atoms with Crippen molar-refractivity contribution in [3.63, 3.8) is 0 Å². The van der Waals surface area contributed by atoms with Crippen molar-refractivity contribution in [2.24, 2.45) is 5.41 Å². The number of amides is 1. The van der Waals surface area contributed by atoms with Gasteiger partial charge in [0.1, 0.15) is 5.60 Å². The molecule has 0 unspecified atom stereocenters. The summed E-state index contributed by atoms with van der Waals surface area (Å²) in [5, 5.41) is 3.14. The second-order valence-electron chi connectivity index (χ2n) is 8.28. The molecular weight excluding hydrogens is 344 g/mol. The van der Waals surface area contributed by atoms with E-state index in [0.29, 0.717) is 12.1 Å². The highest BCUT2D eigenvalue weighted by molar-refractivity contribution is 5.93. The summed E-state index contributed by atoms with van der Waals surface area (Å²) in [5.74, 6) is -0.390. The number of ether oxygens (including phenoxy) is 2. The number of nitrogens with zero attached hydrogens (tertiary/aromatic N) is 1. The molecule has 1 fully saturated rings. The Hall–Kier alpha value is -2.50. The molecule has 6 heteroatoms. The van der Waals surface area contributed by atoms with E-state index in [-0.39, 0.29) is 11.5 Å². The van der Waals surface area contributed by atoms with Gasteiger partial charge in [0.2, 0.25) is 0 Å². The third kappa shape index (κ3) is 4.10. The average Bonchev–Trinajstić information content (AvgIpc) is 3.37. The molecule has 1 aliphatic carbocycles. The molecule has 1 heterocycles. The summed E-state index contributed by atoms with van der Waals surface area (Å²) >= 11 is 0. The van der Waals surface area contributed by atoms with Gasteiger partial charge in [0.25, 0.3) is 0 Å². The smallest absolute Gasteiger partial charge is 0.414 e. The highest BCUT2D eigenvalue weighted by Gasteiger charge is 2.45. The fourth-order valence-electron chi connectivity index (χ4n) is 3.40. The molecule has 0 atom stereocenters. The highest BCUT2D eigenvalue weighted by Crippen LogP contribution is 2.54. The minimum Gasteiger partial charge on any atom is -0.465 e. The molecule has 1 aliphatic heterocycles. The van der Waals surface area contributed by atoms with Gasteiger partial charge in [-0.25, -0.2) is 9.59 Å². The van der Waals surface area contributed by atoms with Crippen LogP contribution < -0.4 is 5.32 Å². The van der Waals surface area contributed by atoms with Crippen LogP contribution in [-0.4, -0.2) is 43.3 Å². The number of allylic oxidation sites excluding steroid dienone is 1. The Bertz CT molecular complexity index is 788. The lowest BCUT2D eigenvalue weighted by atomic mass is 9.92. The van der Waals surface area contributed by atoms with Crippen LogP contribution in [0.4, 0.5) is 10.5 Å². The summed E-state index contributed by atoms with van der Waals surface area (Å²) in [6, 6.07) is 5.34. The van der Waals surface area contributed by atoms with Gasteiger partial charge in [-0.05, 0) is 63.6 Å². The average molecular weight is 372 g/mol. The zero-order valence-electron chi connectivity index (χ0n) is 16.7. The number of carbonyl (C=O) groups is 2. The summed E-state index contributed by atoms with van der Waals surface area (Å²) in [6.07, 6.45) is 5.10. The largest absolute Gasteiger partial charge is 0.465 e. The fraction of sp³-hybridized carbons (Fsp3) is 0.524. The summed E-state index contributed by atoms with van der Waals surface area (Å²) in [7, 11) is 3.16. The van der Waals surface area contributed by atoms with Crippen molar-refractivity contribution in [2.75, 3.05) is 26.0 Å². The number of esters is 1. The quantitative estimate of drug-likeness (QED) is 0.802. The minimum absolute atomic E-state index is 0.194. The highest BCUT2D eigenvalue weighted by atomic mass is 16.6. The maximum atomic E-state index is 12.8. The van der Waals surface area contributed by atoms with Crippen molar-refractivity contribution in [2.45, 2.75) is 45.6 Å². The Balaban J connectivity index is 2.01. The van der Waals surface area contributed by atoms with E-state index in [4.69, 9.17) is 9.47 Å². The lowest BCUT2D eigenvalue weighted by Crippen LogP contribution is -2.39. The van der Waals surface area contributed by atoms with Crippen LogP contribution in [0.15, 0.2) is 24.3 Å². The van der Waals surface area contributed by atoms with Gasteiger partial charge in [-0.15, -0.1) is 0 Å². The number of nitrogens with one attached hydrogen (secondary N) is 1. The molecule has 1 aromatic rings. The Morgan fingerprint density at radius 2 is 1.89 bits per heavy atom. The second kappa shape index (κ2) is 6.91. The van der Waals surface area contributed by atoms with Gasteiger partial charge in [-0.1, -0.05) is 6.08 Å². The van der Waals surface area contributed by atoms with Gasteiger partial charge in [-0.2, -0.15) is 0 Å². The molecule has 1 saturated carbocycles. The van der Waals surface area contributed by atoms with Gasteiger partial charge in [0.15, 0.2) is 0 Å². The summed E-state index contributed by atoms with van der Waals surface area (Å²) in [5.41, 5.74) is 2.59. The lowest BCUT2D eigenvalue weighted by Gasteiger charge is -2.34. The second-order valence-corrected chi connectivity index (χ2v) is 8.28. The molecular formula is C21H28N2O4. The zero-order chi connectivity index (χ0) is 19.8. The first kappa shape index (κ1) is 19.3. The first-order valence-electron chi connectivity index (χ1n) is 9.32. The number of benzene rings is 1. The van der Waals surface area contributed by atoms with Crippen molar-refractivity contribution >= 4 is 23.4 Å². The summed E-state index contributed by atoms with van der Waals surface area (Å²) in [6.45, 7) is 6.23. The Kier molecular flexibility index (Phi) is 4.93. The van der Waals surface area contributed by atoms with E-state index in [0.717, 1.165) is 36.2 Å². The normalized spacial score (nSPS) is 18.0. The van der Waals surface area contributed by atoms with Gasteiger partial charge >= 0.3 is 12.1 Å². The summed E-state index contributed by atoms with van der Waals surface area (Å²) in [4.78, 5) is 26.4. The Morgan fingerprint density at radius 3 is 2.44 bits per heavy atom. The van der Waals surface area contributed by atoms with Crippen molar-refractivity contribution in [3.8, 4) is 0 Å². The van der Waals surface area contributed by atoms with Crippen LogP contribution in [0.3, 0.4) is 0 Å². The molecule has 0 bridgehead atoms. The molecule has 146 valence electrons. The topological polar surface area (TPSA) is 67.9 Å². The van der Waals surface area contributed by atoms with Crippen molar-refractivity contribution in [1.29, 1.82) is 0 Å². The van der Waals surface area contributed by atoms with Gasteiger partial charge < -0.3 is 14.8 Å². The predicted molar refractivity (Wildman–Crippen MR) is 105 cm³/mol. The van der Waals surface area contributed by atoms with Gasteiger partial charge in [0, 0.05) is 24.8 Å². The van der Waals surface area contributed by atoms with E-state index in [2.05, 4.69) is 11.4 Å². The zero-order valence-corrected chi connectivity index (χ0v) is 16.7. The van der Waals surface area contributed by atoms with Crippen molar-refractivity contribution in [3.05, 3.63) is 35.4 Å². The van der Waals surface area contributed by atoms with Crippen LogP contribution in [-0.2, 0) is 9.47 Å². The molecule has 6 nitrogen and oxygen atoms in total. The fourth-order valence-corrected chi connectivity index (χ4v) is 3.40. The van der Waals surface area contributed by atoms with Gasteiger partial charge in [0.05, 0.1) is 18.4 Å². The number of anilines is 1. The molecule has 3 rings (SSSR count). The van der Waals surface area contributed by atoms with E-state index >= 15 is 0 Å². The Morgan fingerprint density at radius 1 is 1.19 bits per heavy atom. The van der Waals surface area contributed by atoms with Gasteiger partial charge in [-0.3, -0.25) is 4.90 Å². The molecule has 0 aromatic heterocycles. The number of carbonyl (C=O) groups excluding carboxylic acids is 2. The summed E-state index contributed by atoms with van der Waals surface area (Å²) < 4.78 is 10.4. The van der Waals surface area contributed by atoms with Crippen LogP contribution >= 0.6 is 0 Å². The van der Waals surface area contributed by atoms with E-state index in [1.165, 1.54) is 7.11 Å². The molecule has 1 aromatic carbocycles. The Labute approximate surface area is 160 Å². The molecule has 1 amide bonds. The molecule has 0 radical (unpaired) electrons. The van der Waals surface area contributed by atoms with Crippen molar-refractivity contribution < 1.29 is 19.1 Å². The number of hydrogen-bond acceptors (Lipinski definition) is 5. The third-order valence-corrected chi connectivity index (χ3v) is 5.06. The van der Waals surface area contributed by atoms with E-state index in [9.17, 15) is 9.59 Å².